The quantitative estimate of drug-likeness (QED) is 0.834. The number of piperidine rings is 1. The SMILES string of the molecule is CO[C@@H]1CCN(CC(=O)Nc2ccc(OC(F)F)cc2)C[C@]12CCCO2. The van der Waals surface area contributed by atoms with Gasteiger partial charge in [0.15, 0.2) is 0 Å². The number of rotatable bonds is 6. The van der Waals surface area contributed by atoms with Crippen LogP contribution in [0.1, 0.15) is 19.3 Å². The predicted octanol–water partition coefficient (Wildman–Crippen LogP) is 2.50. The van der Waals surface area contributed by atoms with Crippen LogP contribution in [0.4, 0.5) is 14.5 Å². The molecule has 0 aliphatic carbocycles. The molecular weight excluding hydrogens is 346 g/mol. The number of anilines is 1. The van der Waals surface area contributed by atoms with E-state index in [1.165, 1.54) is 24.3 Å². The van der Waals surface area contributed by atoms with Gasteiger partial charge in [-0.15, -0.1) is 0 Å². The highest BCUT2D eigenvalue weighted by Crippen LogP contribution is 2.36. The lowest BCUT2D eigenvalue weighted by atomic mass is 9.87. The fourth-order valence-electron chi connectivity index (χ4n) is 3.81. The molecule has 0 aromatic heterocycles. The summed E-state index contributed by atoms with van der Waals surface area (Å²) in [5, 5.41) is 2.78. The van der Waals surface area contributed by atoms with E-state index in [-0.39, 0.29) is 29.9 Å². The number of carbonyl (C=O) groups is 1. The van der Waals surface area contributed by atoms with Gasteiger partial charge in [0.1, 0.15) is 11.4 Å². The molecule has 0 unspecified atom stereocenters. The smallest absolute Gasteiger partial charge is 0.387 e. The lowest BCUT2D eigenvalue weighted by Gasteiger charge is -2.44. The molecule has 1 amide bonds. The Balaban J connectivity index is 1.53. The molecule has 2 aliphatic heterocycles. The zero-order chi connectivity index (χ0) is 18.6. The van der Waals surface area contributed by atoms with Gasteiger partial charge in [0.25, 0.3) is 0 Å². The van der Waals surface area contributed by atoms with Crippen molar-refractivity contribution in [3.05, 3.63) is 24.3 Å². The van der Waals surface area contributed by atoms with Crippen LogP contribution in [-0.2, 0) is 14.3 Å². The summed E-state index contributed by atoms with van der Waals surface area (Å²) in [6.07, 6.45) is 2.83. The van der Waals surface area contributed by atoms with Crippen molar-refractivity contribution in [3.8, 4) is 5.75 Å². The molecular formula is C18H24F2N2O4. The third-order valence-electron chi connectivity index (χ3n) is 4.93. The predicted molar refractivity (Wildman–Crippen MR) is 91.5 cm³/mol. The fourth-order valence-corrected chi connectivity index (χ4v) is 3.81. The monoisotopic (exact) mass is 370 g/mol. The standard InChI is InChI=1S/C18H24F2N2O4/c1-24-15-7-9-22(12-18(15)8-2-10-25-18)11-16(23)21-13-3-5-14(6-4-13)26-17(19)20/h3-6,15,17H,2,7-12H2,1H3,(H,21,23)/t15-,18-/m1/s1. The van der Waals surface area contributed by atoms with Crippen LogP contribution in [0.15, 0.2) is 24.3 Å². The van der Waals surface area contributed by atoms with E-state index in [1.54, 1.807) is 7.11 Å². The maximum Gasteiger partial charge on any atom is 0.387 e. The van der Waals surface area contributed by atoms with E-state index in [0.717, 1.165) is 32.4 Å². The molecule has 1 spiro atoms. The maximum atomic E-state index is 12.3. The van der Waals surface area contributed by atoms with Crippen LogP contribution >= 0.6 is 0 Å². The van der Waals surface area contributed by atoms with Crippen LogP contribution in [0.2, 0.25) is 0 Å². The Bertz CT molecular complexity index is 606. The molecule has 0 bridgehead atoms. The summed E-state index contributed by atoms with van der Waals surface area (Å²) in [5.74, 6) is -0.100. The Kier molecular flexibility index (Phi) is 6.05. The van der Waals surface area contributed by atoms with Gasteiger partial charge in [-0.2, -0.15) is 8.78 Å². The molecule has 1 N–H and O–H groups in total. The maximum absolute atomic E-state index is 12.3. The van der Waals surface area contributed by atoms with Crippen molar-refractivity contribution in [2.45, 2.75) is 37.6 Å². The molecule has 8 heteroatoms. The summed E-state index contributed by atoms with van der Waals surface area (Å²) in [6, 6.07) is 5.86. The van der Waals surface area contributed by atoms with E-state index in [0.29, 0.717) is 12.2 Å². The molecule has 2 fully saturated rings. The molecule has 26 heavy (non-hydrogen) atoms. The molecule has 0 saturated carbocycles. The first kappa shape index (κ1) is 19.0. The first-order valence-electron chi connectivity index (χ1n) is 8.74. The van der Waals surface area contributed by atoms with Crippen molar-refractivity contribution >= 4 is 11.6 Å². The summed E-state index contributed by atoms with van der Waals surface area (Å²) in [5.41, 5.74) is 0.219. The highest BCUT2D eigenvalue weighted by molar-refractivity contribution is 5.92. The lowest BCUT2D eigenvalue weighted by molar-refractivity contribution is -0.146. The highest BCUT2D eigenvalue weighted by atomic mass is 19.3. The van der Waals surface area contributed by atoms with Gasteiger partial charge in [-0.25, -0.2) is 0 Å². The first-order valence-corrected chi connectivity index (χ1v) is 8.74. The minimum absolute atomic E-state index is 0.0555. The highest BCUT2D eigenvalue weighted by Gasteiger charge is 2.47. The summed E-state index contributed by atoms with van der Waals surface area (Å²) < 4.78 is 40.2. The zero-order valence-electron chi connectivity index (χ0n) is 14.7. The molecule has 2 atom stereocenters. The summed E-state index contributed by atoms with van der Waals surface area (Å²) >= 11 is 0. The normalized spacial score (nSPS) is 26.4. The topological polar surface area (TPSA) is 60.0 Å². The Morgan fingerprint density at radius 2 is 2.19 bits per heavy atom. The molecule has 2 aliphatic rings. The van der Waals surface area contributed by atoms with Crippen molar-refractivity contribution in [3.63, 3.8) is 0 Å². The zero-order valence-corrected chi connectivity index (χ0v) is 14.7. The largest absolute Gasteiger partial charge is 0.435 e. The summed E-state index contributed by atoms with van der Waals surface area (Å²) in [4.78, 5) is 14.4. The molecule has 0 radical (unpaired) electrons. The van der Waals surface area contributed by atoms with Gasteiger partial charge >= 0.3 is 6.61 Å². The van der Waals surface area contributed by atoms with Crippen molar-refractivity contribution in [2.24, 2.45) is 0 Å². The van der Waals surface area contributed by atoms with Crippen molar-refractivity contribution in [1.82, 2.24) is 4.90 Å². The van der Waals surface area contributed by atoms with Crippen LogP contribution in [0.3, 0.4) is 0 Å². The number of alkyl halides is 2. The average molecular weight is 370 g/mol. The second kappa shape index (κ2) is 8.28. The number of hydrogen-bond donors (Lipinski definition) is 1. The van der Waals surface area contributed by atoms with Gasteiger partial charge in [-0.1, -0.05) is 0 Å². The van der Waals surface area contributed by atoms with E-state index in [9.17, 15) is 13.6 Å². The second-order valence-corrected chi connectivity index (χ2v) is 6.69. The molecule has 1 aromatic rings. The molecule has 144 valence electrons. The number of nitrogens with zero attached hydrogens (tertiary/aromatic N) is 1. The second-order valence-electron chi connectivity index (χ2n) is 6.69. The number of benzene rings is 1. The van der Waals surface area contributed by atoms with E-state index in [2.05, 4.69) is 15.0 Å². The lowest BCUT2D eigenvalue weighted by Crippen LogP contribution is -2.58. The third kappa shape index (κ3) is 4.49. The Labute approximate surface area is 151 Å². The van der Waals surface area contributed by atoms with E-state index in [1.807, 2.05) is 0 Å². The van der Waals surface area contributed by atoms with Gasteiger partial charge in [-0.3, -0.25) is 9.69 Å². The average Bonchev–Trinajstić information content (AvgIpc) is 3.05. The number of hydrogen-bond acceptors (Lipinski definition) is 5. The van der Waals surface area contributed by atoms with E-state index >= 15 is 0 Å². The Morgan fingerprint density at radius 3 is 2.81 bits per heavy atom. The Morgan fingerprint density at radius 1 is 1.42 bits per heavy atom. The minimum atomic E-state index is -2.87. The molecule has 1 aromatic carbocycles. The van der Waals surface area contributed by atoms with E-state index < -0.39 is 6.61 Å². The van der Waals surface area contributed by atoms with Gasteiger partial charge in [0.2, 0.25) is 5.91 Å². The number of halogens is 2. The number of carbonyl (C=O) groups excluding carboxylic acids is 1. The van der Waals surface area contributed by atoms with Crippen LogP contribution < -0.4 is 10.1 Å². The van der Waals surface area contributed by atoms with Gasteiger partial charge in [0.05, 0.1) is 12.6 Å². The van der Waals surface area contributed by atoms with Crippen LogP contribution in [0.25, 0.3) is 0 Å². The summed E-state index contributed by atoms with van der Waals surface area (Å²) in [7, 11) is 1.71. The fraction of sp³-hybridized carbons (Fsp3) is 0.611. The van der Waals surface area contributed by atoms with Crippen molar-refractivity contribution in [1.29, 1.82) is 0 Å². The van der Waals surface area contributed by atoms with Crippen LogP contribution in [0.5, 0.6) is 5.75 Å². The third-order valence-corrected chi connectivity index (χ3v) is 4.93. The molecule has 2 saturated heterocycles. The first-order chi connectivity index (χ1) is 12.5. The summed E-state index contributed by atoms with van der Waals surface area (Å²) in [6.45, 7) is -0.460. The molecule has 2 heterocycles. The number of ether oxygens (including phenoxy) is 3. The molecule has 3 rings (SSSR count). The van der Waals surface area contributed by atoms with Crippen molar-refractivity contribution in [2.75, 3.05) is 38.7 Å². The van der Waals surface area contributed by atoms with Crippen molar-refractivity contribution < 1.29 is 27.8 Å². The van der Waals surface area contributed by atoms with Crippen LogP contribution in [0, 0.1) is 0 Å². The minimum Gasteiger partial charge on any atom is -0.435 e. The van der Waals surface area contributed by atoms with Crippen LogP contribution in [-0.4, -0.2) is 62.5 Å². The number of nitrogens with one attached hydrogen (secondary N) is 1. The number of methoxy groups -OCH3 is 1. The number of likely N-dealkylation sites (tertiary alicyclic amines) is 1. The Hall–Kier alpha value is -1.77. The molecule has 6 nitrogen and oxygen atoms in total. The van der Waals surface area contributed by atoms with E-state index in [4.69, 9.17) is 9.47 Å². The van der Waals surface area contributed by atoms with Gasteiger partial charge < -0.3 is 19.5 Å². The van der Waals surface area contributed by atoms with Gasteiger partial charge in [0, 0.05) is 32.5 Å². The number of amides is 1. The van der Waals surface area contributed by atoms with Gasteiger partial charge in [-0.05, 0) is 43.5 Å².